The maximum absolute atomic E-state index is 7.87. The normalized spacial score (nSPS) is 8.29. The Morgan fingerprint density at radius 2 is 2.14 bits per heavy atom. The van der Waals surface area contributed by atoms with Gasteiger partial charge < -0.3 is 9.42 Å². The summed E-state index contributed by atoms with van der Waals surface area (Å²) >= 11 is 0. The SMILES string of the molecule is C=C.CCOPO. The lowest BCUT2D eigenvalue weighted by atomic mass is 10.9. The van der Waals surface area contributed by atoms with Crippen LogP contribution in [0.2, 0.25) is 0 Å². The first-order valence-corrected chi connectivity index (χ1v) is 2.78. The van der Waals surface area contributed by atoms with Crippen LogP contribution in [0.5, 0.6) is 0 Å². The van der Waals surface area contributed by atoms with E-state index in [0.29, 0.717) is 6.61 Å². The van der Waals surface area contributed by atoms with Crippen LogP contribution >= 0.6 is 9.03 Å². The summed E-state index contributed by atoms with van der Waals surface area (Å²) < 4.78 is 4.42. The van der Waals surface area contributed by atoms with Gasteiger partial charge in [-0.1, -0.05) is 0 Å². The van der Waals surface area contributed by atoms with Crippen LogP contribution in [0.15, 0.2) is 13.2 Å². The molecule has 1 unspecified atom stereocenters. The van der Waals surface area contributed by atoms with E-state index in [0.717, 1.165) is 0 Å². The van der Waals surface area contributed by atoms with Crippen LogP contribution in [0.4, 0.5) is 0 Å². The van der Waals surface area contributed by atoms with Crippen molar-refractivity contribution < 1.29 is 9.42 Å². The highest BCUT2D eigenvalue weighted by molar-refractivity contribution is 7.24. The fourth-order valence-electron chi connectivity index (χ4n) is 0.0645. The first-order chi connectivity index (χ1) is 3.41. The quantitative estimate of drug-likeness (QED) is 0.442. The maximum Gasteiger partial charge on any atom is 0.152 e. The van der Waals surface area contributed by atoms with Gasteiger partial charge in [-0.25, -0.2) is 0 Å². The minimum absolute atomic E-state index is 0.342. The molecule has 1 N–H and O–H groups in total. The summed E-state index contributed by atoms with van der Waals surface area (Å²) in [6.07, 6.45) is 0. The summed E-state index contributed by atoms with van der Waals surface area (Å²) in [5.41, 5.74) is 0. The average Bonchev–Trinajstić information content (AvgIpc) is 1.75. The molecule has 0 bridgehead atoms. The standard InChI is InChI=1S/C2H7O2P.C2H4/c1-2-4-5-3;1-2/h3,5H,2H2,1H3;1-2H2. The summed E-state index contributed by atoms with van der Waals surface area (Å²) in [6, 6.07) is 0. The molecule has 0 saturated heterocycles. The molecule has 7 heavy (non-hydrogen) atoms. The van der Waals surface area contributed by atoms with Crippen molar-refractivity contribution in [3.63, 3.8) is 0 Å². The molecule has 2 nitrogen and oxygen atoms in total. The zero-order chi connectivity index (χ0) is 6.12. The molecule has 0 aliphatic carbocycles. The van der Waals surface area contributed by atoms with E-state index < -0.39 is 0 Å². The third-order valence-electron chi connectivity index (χ3n) is 0.209. The van der Waals surface area contributed by atoms with Crippen molar-refractivity contribution in [1.82, 2.24) is 0 Å². The molecule has 0 aliphatic heterocycles. The predicted molar refractivity (Wildman–Crippen MR) is 33.4 cm³/mol. The van der Waals surface area contributed by atoms with E-state index in [1.165, 1.54) is 0 Å². The molecular formula is C4H11O2P. The molecule has 0 aromatic heterocycles. The lowest BCUT2D eigenvalue weighted by molar-refractivity contribution is 0.348. The van der Waals surface area contributed by atoms with Crippen molar-refractivity contribution >= 4 is 9.03 Å². The van der Waals surface area contributed by atoms with Gasteiger partial charge in [0.15, 0.2) is 9.03 Å². The Labute approximate surface area is 46.1 Å². The largest absolute Gasteiger partial charge is 0.352 e. The maximum atomic E-state index is 7.87. The third kappa shape index (κ3) is 23.3. The average molecular weight is 122 g/mol. The second kappa shape index (κ2) is 16.5. The van der Waals surface area contributed by atoms with Crippen molar-refractivity contribution in [3.05, 3.63) is 13.2 Å². The fraction of sp³-hybridized carbons (Fsp3) is 0.500. The van der Waals surface area contributed by atoms with Crippen LogP contribution in [0.3, 0.4) is 0 Å². The minimum Gasteiger partial charge on any atom is -0.352 e. The first-order valence-electron chi connectivity index (χ1n) is 1.92. The van der Waals surface area contributed by atoms with Crippen molar-refractivity contribution in [3.8, 4) is 0 Å². The highest BCUT2D eigenvalue weighted by Crippen LogP contribution is 1.99. The van der Waals surface area contributed by atoms with E-state index in [-0.39, 0.29) is 9.03 Å². The molecule has 0 rings (SSSR count). The van der Waals surface area contributed by atoms with Gasteiger partial charge in [-0.15, -0.1) is 13.2 Å². The number of hydrogen-bond donors (Lipinski definition) is 1. The minimum atomic E-state index is -0.342. The van der Waals surface area contributed by atoms with Gasteiger partial charge in [0.05, 0.1) is 6.61 Å². The van der Waals surface area contributed by atoms with E-state index in [1.54, 1.807) is 0 Å². The van der Waals surface area contributed by atoms with Gasteiger partial charge in [0.2, 0.25) is 0 Å². The van der Waals surface area contributed by atoms with Gasteiger partial charge in [0.25, 0.3) is 0 Å². The van der Waals surface area contributed by atoms with Crippen molar-refractivity contribution in [2.24, 2.45) is 0 Å². The molecule has 0 amide bonds. The zero-order valence-electron chi connectivity index (χ0n) is 4.48. The molecule has 0 saturated carbocycles. The van der Waals surface area contributed by atoms with Crippen LogP contribution < -0.4 is 0 Å². The highest BCUT2D eigenvalue weighted by atomic mass is 31.1. The summed E-state index contributed by atoms with van der Waals surface area (Å²) in [5, 5.41) is 0. The van der Waals surface area contributed by atoms with Crippen LogP contribution in [-0.2, 0) is 4.52 Å². The van der Waals surface area contributed by atoms with Crippen molar-refractivity contribution in [2.45, 2.75) is 6.92 Å². The molecule has 0 fully saturated rings. The monoisotopic (exact) mass is 122 g/mol. The molecule has 44 valence electrons. The second-order valence-electron chi connectivity index (χ2n) is 0.524. The first kappa shape index (κ1) is 10.1. The van der Waals surface area contributed by atoms with E-state index in [4.69, 9.17) is 4.89 Å². The van der Waals surface area contributed by atoms with Gasteiger partial charge in [-0.05, 0) is 6.92 Å². The van der Waals surface area contributed by atoms with E-state index >= 15 is 0 Å². The van der Waals surface area contributed by atoms with E-state index in [1.807, 2.05) is 6.92 Å². The van der Waals surface area contributed by atoms with Crippen LogP contribution in [0, 0.1) is 0 Å². The number of rotatable bonds is 2. The summed E-state index contributed by atoms with van der Waals surface area (Å²) in [5.74, 6) is 0. The molecule has 1 atom stereocenters. The molecule has 3 heteroatoms. The molecule has 0 spiro atoms. The summed E-state index contributed by atoms with van der Waals surface area (Å²) in [6.45, 7) is 8.44. The highest BCUT2D eigenvalue weighted by Gasteiger charge is 1.65. The number of hydrogen-bond acceptors (Lipinski definition) is 2. The Hall–Kier alpha value is 0.0900. The smallest absolute Gasteiger partial charge is 0.152 e. The topological polar surface area (TPSA) is 29.5 Å². The van der Waals surface area contributed by atoms with Gasteiger partial charge in [0, 0.05) is 0 Å². The van der Waals surface area contributed by atoms with Crippen LogP contribution in [-0.4, -0.2) is 11.5 Å². The van der Waals surface area contributed by atoms with Gasteiger partial charge >= 0.3 is 0 Å². The summed E-state index contributed by atoms with van der Waals surface area (Å²) in [7, 11) is -0.342. The molecule has 0 aromatic carbocycles. The Morgan fingerprint density at radius 1 is 1.71 bits per heavy atom. The van der Waals surface area contributed by atoms with Gasteiger partial charge in [-0.2, -0.15) is 0 Å². The second-order valence-corrected chi connectivity index (χ2v) is 0.996. The van der Waals surface area contributed by atoms with Crippen molar-refractivity contribution in [2.75, 3.05) is 6.61 Å². The van der Waals surface area contributed by atoms with Gasteiger partial charge in [0.1, 0.15) is 0 Å². The van der Waals surface area contributed by atoms with Crippen LogP contribution in [0.1, 0.15) is 6.92 Å². The Kier molecular flexibility index (Phi) is 24.0. The summed E-state index contributed by atoms with van der Waals surface area (Å²) in [4.78, 5) is 7.87. The van der Waals surface area contributed by atoms with Gasteiger partial charge in [-0.3, -0.25) is 0 Å². The van der Waals surface area contributed by atoms with Crippen molar-refractivity contribution in [1.29, 1.82) is 0 Å². The fourth-order valence-corrected chi connectivity index (χ4v) is 0.194. The lowest BCUT2D eigenvalue weighted by Gasteiger charge is -1.84. The third-order valence-corrected chi connectivity index (χ3v) is 0.627. The Morgan fingerprint density at radius 3 is 2.14 bits per heavy atom. The van der Waals surface area contributed by atoms with Crippen LogP contribution in [0.25, 0.3) is 0 Å². The zero-order valence-corrected chi connectivity index (χ0v) is 5.48. The lowest BCUT2D eigenvalue weighted by Crippen LogP contribution is -1.68. The van der Waals surface area contributed by atoms with E-state index in [2.05, 4.69) is 17.7 Å². The molecular weight excluding hydrogens is 111 g/mol. The molecule has 0 aliphatic rings. The predicted octanol–water partition coefficient (Wildman–Crippen LogP) is 1.33. The molecule has 0 heterocycles. The molecule has 0 radical (unpaired) electrons. The Bertz CT molecular complexity index is 23.7. The molecule has 0 aromatic rings. The van der Waals surface area contributed by atoms with E-state index in [9.17, 15) is 0 Å². The Balaban J connectivity index is 0.